The summed E-state index contributed by atoms with van der Waals surface area (Å²) >= 11 is 0. The molecular formula is C18H14F3N4O3-. The molecule has 0 unspecified atom stereocenters. The molecule has 0 atom stereocenters. The zero-order valence-corrected chi connectivity index (χ0v) is 14.4. The number of rotatable bonds is 3. The maximum atomic E-state index is 13.3. The number of imidazole rings is 1. The number of carboxylic acid groups (broad SMARTS) is 1. The van der Waals surface area contributed by atoms with Crippen LogP contribution >= 0.6 is 0 Å². The Bertz CT molecular complexity index is 1040. The number of morpholine rings is 1. The summed E-state index contributed by atoms with van der Waals surface area (Å²) in [6.07, 6.45) is -4.57. The third-order valence-corrected chi connectivity index (χ3v) is 4.47. The number of hydrogen-bond acceptors (Lipinski definition) is 6. The Morgan fingerprint density at radius 3 is 2.50 bits per heavy atom. The van der Waals surface area contributed by atoms with E-state index in [1.807, 2.05) is 0 Å². The second-order valence-corrected chi connectivity index (χ2v) is 6.20. The summed E-state index contributed by atoms with van der Waals surface area (Å²) < 4.78 is 46.3. The van der Waals surface area contributed by atoms with Crippen molar-refractivity contribution in [3.05, 3.63) is 47.7 Å². The molecule has 0 radical (unpaired) electrons. The number of carboxylic acids is 1. The van der Waals surface area contributed by atoms with Crippen LogP contribution in [0.2, 0.25) is 0 Å². The molecule has 0 saturated carbocycles. The number of hydrogen-bond donors (Lipinski definition) is 0. The average molecular weight is 391 g/mol. The third kappa shape index (κ3) is 3.15. The Kier molecular flexibility index (Phi) is 4.42. The summed E-state index contributed by atoms with van der Waals surface area (Å²) in [4.78, 5) is 17.8. The Morgan fingerprint density at radius 2 is 1.82 bits per heavy atom. The van der Waals surface area contributed by atoms with E-state index in [0.29, 0.717) is 26.3 Å². The number of carbonyl (C=O) groups excluding carboxylic acids is 1. The first-order chi connectivity index (χ1) is 13.4. The van der Waals surface area contributed by atoms with Crippen LogP contribution in [0.3, 0.4) is 0 Å². The number of anilines is 1. The molecule has 0 bridgehead atoms. The lowest BCUT2D eigenvalue weighted by atomic mass is 10.0. The summed E-state index contributed by atoms with van der Waals surface area (Å²) in [6, 6.07) is 7.80. The zero-order valence-electron chi connectivity index (χ0n) is 14.4. The van der Waals surface area contributed by atoms with Crippen LogP contribution in [0.15, 0.2) is 36.4 Å². The summed E-state index contributed by atoms with van der Waals surface area (Å²) in [5.74, 6) is -1.35. The quantitative estimate of drug-likeness (QED) is 0.675. The summed E-state index contributed by atoms with van der Waals surface area (Å²) in [7, 11) is 0. The lowest BCUT2D eigenvalue weighted by molar-refractivity contribution is -0.255. The Hall–Kier alpha value is -3.14. The number of fused-ring (bicyclic) bond motifs is 1. The fraction of sp³-hybridized carbons (Fsp3) is 0.278. The molecule has 2 aromatic heterocycles. The van der Waals surface area contributed by atoms with Gasteiger partial charge in [0, 0.05) is 18.7 Å². The van der Waals surface area contributed by atoms with Gasteiger partial charge in [-0.3, -0.25) is 0 Å². The summed E-state index contributed by atoms with van der Waals surface area (Å²) in [6.45, 7) is 1.71. The summed E-state index contributed by atoms with van der Waals surface area (Å²) in [5.41, 5.74) is -1.13. The van der Waals surface area contributed by atoms with Crippen molar-refractivity contribution in [2.45, 2.75) is 6.18 Å². The fourth-order valence-corrected chi connectivity index (χ4v) is 3.19. The van der Waals surface area contributed by atoms with E-state index < -0.39 is 17.7 Å². The van der Waals surface area contributed by atoms with Crippen molar-refractivity contribution in [1.29, 1.82) is 0 Å². The predicted molar refractivity (Wildman–Crippen MR) is 90.8 cm³/mol. The van der Waals surface area contributed by atoms with E-state index in [1.54, 1.807) is 4.90 Å². The van der Waals surface area contributed by atoms with Gasteiger partial charge in [0.05, 0.1) is 30.4 Å². The molecule has 1 aromatic carbocycles. The van der Waals surface area contributed by atoms with Crippen molar-refractivity contribution in [3.8, 4) is 11.3 Å². The SMILES string of the molecule is O=C([O-])c1c(N2CCOCC2)nc2ccc(-c3ccccc3C(F)(F)F)nn12. The van der Waals surface area contributed by atoms with Crippen LogP contribution in [0, 0.1) is 0 Å². The van der Waals surface area contributed by atoms with Crippen molar-refractivity contribution >= 4 is 17.4 Å². The number of aromatic nitrogens is 3. The average Bonchev–Trinajstić information content (AvgIpc) is 3.07. The molecule has 7 nitrogen and oxygen atoms in total. The van der Waals surface area contributed by atoms with Crippen molar-refractivity contribution in [1.82, 2.24) is 14.6 Å². The minimum atomic E-state index is -4.57. The van der Waals surface area contributed by atoms with Crippen LogP contribution in [0.25, 0.3) is 16.9 Å². The smallest absolute Gasteiger partial charge is 0.417 e. The first-order valence-electron chi connectivity index (χ1n) is 8.46. The molecule has 0 spiro atoms. The Morgan fingerprint density at radius 1 is 1.11 bits per heavy atom. The zero-order chi connectivity index (χ0) is 19.9. The predicted octanol–water partition coefficient (Wildman–Crippen LogP) is 1.62. The normalized spacial score (nSPS) is 15.2. The first kappa shape index (κ1) is 18.2. The topological polar surface area (TPSA) is 82.8 Å². The van der Waals surface area contributed by atoms with Crippen molar-refractivity contribution in [2.75, 3.05) is 31.2 Å². The Labute approximate surface area is 157 Å². The minimum Gasteiger partial charge on any atom is -0.543 e. The van der Waals surface area contributed by atoms with E-state index in [-0.39, 0.29) is 28.4 Å². The molecule has 3 heterocycles. The van der Waals surface area contributed by atoms with Gasteiger partial charge in [-0.2, -0.15) is 18.3 Å². The number of benzene rings is 1. The first-order valence-corrected chi connectivity index (χ1v) is 8.46. The fourth-order valence-electron chi connectivity index (χ4n) is 3.19. The van der Waals surface area contributed by atoms with Gasteiger partial charge in [0.15, 0.2) is 11.5 Å². The van der Waals surface area contributed by atoms with Gasteiger partial charge in [-0.25, -0.2) is 9.50 Å². The van der Waals surface area contributed by atoms with E-state index in [4.69, 9.17) is 4.74 Å². The monoisotopic (exact) mass is 391 g/mol. The van der Waals surface area contributed by atoms with Crippen LogP contribution in [-0.2, 0) is 10.9 Å². The molecule has 0 aliphatic carbocycles. The van der Waals surface area contributed by atoms with E-state index in [1.165, 1.54) is 30.3 Å². The van der Waals surface area contributed by atoms with Crippen molar-refractivity contribution in [2.24, 2.45) is 0 Å². The number of halogens is 3. The van der Waals surface area contributed by atoms with Crippen LogP contribution in [-0.4, -0.2) is 46.9 Å². The largest absolute Gasteiger partial charge is 0.543 e. The number of alkyl halides is 3. The summed E-state index contributed by atoms with van der Waals surface area (Å²) in [5, 5.41) is 15.9. The highest BCUT2D eigenvalue weighted by Gasteiger charge is 2.34. The van der Waals surface area contributed by atoms with Gasteiger partial charge >= 0.3 is 6.18 Å². The van der Waals surface area contributed by atoms with Gasteiger partial charge in [-0.1, -0.05) is 18.2 Å². The lowest BCUT2D eigenvalue weighted by Crippen LogP contribution is -2.38. The number of aromatic carboxylic acids is 1. The molecule has 146 valence electrons. The van der Waals surface area contributed by atoms with E-state index in [9.17, 15) is 23.1 Å². The molecule has 1 fully saturated rings. The maximum Gasteiger partial charge on any atom is 0.417 e. The highest BCUT2D eigenvalue weighted by molar-refractivity contribution is 5.91. The van der Waals surface area contributed by atoms with Gasteiger partial charge in [0.1, 0.15) is 5.69 Å². The molecule has 1 aliphatic heterocycles. The molecule has 0 amide bonds. The van der Waals surface area contributed by atoms with Gasteiger partial charge in [-0.05, 0) is 18.2 Å². The lowest BCUT2D eigenvalue weighted by Gasteiger charge is -2.27. The van der Waals surface area contributed by atoms with Crippen LogP contribution in [0.5, 0.6) is 0 Å². The molecule has 3 aromatic rings. The standard InChI is InChI=1S/C18H15F3N4O3/c19-18(20,21)12-4-2-1-3-11(12)13-5-6-14-22-16(24-7-9-28-10-8-24)15(17(26)27)25(14)23-13/h1-6H,7-10H2,(H,26,27)/p-1. The third-order valence-electron chi connectivity index (χ3n) is 4.47. The van der Waals surface area contributed by atoms with Crippen LogP contribution in [0.1, 0.15) is 16.1 Å². The minimum absolute atomic E-state index is 0.0196. The van der Waals surface area contributed by atoms with Gasteiger partial charge in [0.2, 0.25) is 0 Å². The molecular weight excluding hydrogens is 377 g/mol. The second kappa shape index (κ2) is 6.79. The van der Waals surface area contributed by atoms with Gasteiger partial charge in [0.25, 0.3) is 0 Å². The number of carbonyl (C=O) groups is 1. The van der Waals surface area contributed by atoms with Gasteiger partial charge < -0.3 is 19.5 Å². The number of ether oxygens (including phenoxy) is 1. The molecule has 1 saturated heterocycles. The maximum absolute atomic E-state index is 13.3. The molecule has 4 rings (SSSR count). The Balaban J connectivity index is 1.88. The molecule has 1 aliphatic rings. The van der Waals surface area contributed by atoms with E-state index in [0.717, 1.165) is 10.6 Å². The van der Waals surface area contributed by atoms with E-state index >= 15 is 0 Å². The molecule has 28 heavy (non-hydrogen) atoms. The van der Waals surface area contributed by atoms with Crippen molar-refractivity contribution in [3.63, 3.8) is 0 Å². The second-order valence-electron chi connectivity index (χ2n) is 6.20. The van der Waals surface area contributed by atoms with Crippen LogP contribution in [0.4, 0.5) is 19.0 Å². The molecule has 0 N–H and O–H groups in total. The van der Waals surface area contributed by atoms with Crippen molar-refractivity contribution < 1.29 is 27.8 Å². The highest BCUT2D eigenvalue weighted by atomic mass is 19.4. The van der Waals surface area contributed by atoms with Crippen LogP contribution < -0.4 is 10.0 Å². The highest BCUT2D eigenvalue weighted by Crippen LogP contribution is 2.36. The van der Waals surface area contributed by atoms with Gasteiger partial charge in [-0.15, -0.1) is 0 Å². The van der Waals surface area contributed by atoms with E-state index in [2.05, 4.69) is 10.1 Å². The number of nitrogens with zero attached hydrogens (tertiary/aromatic N) is 4. The molecule has 10 heteroatoms.